The first-order valence-electron chi connectivity index (χ1n) is 19.6. The number of carbonyl (C=O) groups is 3. The average molecular weight is 778 g/mol. The minimum atomic E-state index is -4.74. The molecule has 0 fully saturated rings. The van der Waals surface area contributed by atoms with Crippen molar-refractivity contribution in [3.05, 3.63) is 85.1 Å². The maximum atomic E-state index is 12.5. The minimum Gasteiger partial charge on any atom is -0.480 e. The fourth-order valence-electron chi connectivity index (χ4n) is 4.54. The van der Waals surface area contributed by atoms with Crippen LogP contribution in [0, 0.1) is 0 Å². The third-order valence-corrected chi connectivity index (χ3v) is 8.59. The Kier molecular flexibility index (Phi) is 34.4. The fraction of sp³-hybridized carbons (Fsp3) is 0.595. The zero-order valence-electron chi connectivity index (χ0n) is 32.8. The van der Waals surface area contributed by atoms with Crippen LogP contribution in [0.4, 0.5) is 0 Å². The third kappa shape index (κ3) is 35.7. The van der Waals surface area contributed by atoms with E-state index >= 15 is 0 Å². The molecule has 4 N–H and O–H groups in total. The van der Waals surface area contributed by atoms with Gasteiger partial charge in [-0.3, -0.25) is 23.4 Å². The van der Waals surface area contributed by atoms with Crippen LogP contribution in [0.25, 0.3) is 0 Å². The summed E-state index contributed by atoms with van der Waals surface area (Å²) < 4.78 is 32.5. The van der Waals surface area contributed by atoms with Gasteiger partial charge in [-0.15, -0.1) is 0 Å². The zero-order valence-corrected chi connectivity index (χ0v) is 33.7. The van der Waals surface area contributed by atoms with Crippen molar-refractivity contribution in [1.29, 1.82) is 0 Å². The van der Waals surface area contributed by atoms with Crippen molar-refractivity contribution in [2.24, 2.45) is 5.73 Å². The van der Waals surface area contributed by atoms with Crippen LogP contribution in [0.3, 0.4) is 0 Å². The van der Waals surface area contributed by atoms with Crippen molar-refractivity contribution >= 4 is 25.7 Å². The second-order valence-electron chi connectivity index (χ2n) is 12.7. The summed E-state index contributed by atoms with van der Waals surface area (Å²) in [4.78, 5) is 45.7. The highest BCUT2D eigenvalue weighted by atomic mass is 31.2. The van der Waals surface area contributed by atoms with Crippen molar-refractivity contribution in [2.75, 3.05) is 19.8 Å². The van der Waals surface area contributed by atoms with Gasteiger partial charge in [0.1, 0.15) is 12.6 Å². The van der Waals surface area contributed by atoms with Gasteiger partial charge in [0.05, 0.1) is 13.2 Å². The molecule has 0 heterocycles. The molecule has 0 amide bonds. The molecule has 11 nitrogen and oxygen atoms in total. The highest BCUT2D eigenvalue weighted by Gasteiger charge is 2.28. The molecule has 0 bridgehead atoms. The van der Waals surface area contributed by atoms with Crippen molar-refractivity contribution < 1.29 is 47.5 Å². The topological polar surface area (TPSA) is 172 Å². The lowest BCUT2D eigenvalue weighted by atomic mass is 10.1. The van der Waals surface area contributed by atoms with Crippen molar-refractivity contribution in [1.82, 2.24) is 0 Å². The molecule has 0 aliphatic heterocycles. The van der Waals surface area contributed by atoms with Crippen molar-refractivity contribution in [3.8, 4) is 0 Å². The lowest BCUT2D eigenvalue weighted by Gasteiger charge is -2.20. The molecule has 0 radical (unpaired) electrons. The summed E-state index contributed by atoms with van der Waals surface area (Å²) >= 11 is 0. The maximum Gasteiger partial charge on any atom is 0.472 e. The van der Waals surface area contributed by atoms with Gasteiger partial charge in [0.15, 0.2) is 6.10 Å². The van der Waals surface area contributed by atoms with E-state index in [2.05, 4.69) is 85.2 Å². The highest BCUT2D eigenvalue weighted by Crippen LogP contribution is 2.43. The number of hydrogen-bond acceptors (Lipinski definition) is 9. The van der Waals surface area contributed by atoms with Crippen molar-refractivity contribution in [2.45, 2.75) is 142 Å². The SMILES string of the molecule is CC/C=C\C/C=C\C/C=C\C/C=C\C/C=C\C/C=C\CCC(=O)OC(COC(=O)CCCCCCC/C=C\CCCC)COP(=O)(O)OCC(N)C(=O)O. The quantitative estimate of drug-likeness (QED) is 0.0242. The molecule has 0 aromatic carbocycles. The first-order valence-corrected chi connectivity index (χ1v) is 21.1. The van der Waals surface area contributed by atoms with Crippen LogP contribution >= 0.6 is 7.82 Å². The second-order valence-corrected chi connectivity index (χ2v) is 14.1. The van der Waals surface area contributed by atoms with Gasteiger partial charge in [-0.2, -0.15) is 0 Å². The summed E-state index contributed by atoms with van der Waals surface area (Å²) in [6, 6.07) is -1.54. The largest absolute Gasteiger partial charge is 0.480 e. The van der Waals surface area contributed by atoms with E-state index in [1.807, 2.05) is 18.2 Å². The normalized spacial score (nSPS) is 14.7. The number of carboxylic acid groups (broad SMARTS) is 1. The van der Waals surface area contributed by atoms with Crippen LogP contribution in [-0.4, -0.2) is 59.9 Å². The first kappa shape index (κ1) is 50.7. The van der Waals surface area contributed by atoms with Crippen LogP contribution in [0.1, 0.15) is 129 Å². The van der Waals surface area contributed by atoms with E-state index in [1.54, 1.807) is 0 Å². The van der Waals surface area contributed by atoms with Gasteiger partial charge >= 0.3 is 25.7 Å². The Morgan fingerprint density at radius 3 is 1.63 bits per heavy atom. The smallest absolute Gasteiger partial charge is 0.472 e. The Morgan fingerprint density at radius 2 is 1.07 bits per heavy atom. The number of aliphatic carboxylic acids is 1. The van der Waals surface area contributed by atoms with E-state index in [9.17, 15) is 23.8 Å². The summed E-state index contributed by atoms with van der Waals surface area (Å²) in [6.45, 7) is 2.53. The van der Waals surface area contributed by atoms with Crippen molar-refractivity contribution in [3.63, 3.8) is 0 Å². The van der Waals surface area contributed by atoms with Crippen LogP contribution < -0.4 is 5.73 Å². The minimum absolute atomic E-state index is 0.0297. The highest BCUT2D eigenvalue weighted by molar-refractivity contribution is 7.47. The Balaban J connectivity index is 4.58. The number of phosphoric ester groups is 1. The molecule has 0 aliphatic rings. The predicted molar refractivity (Wildman–Crippen MR) is 217 cm³/mol. The molecular formula is C42H68NO10P. The Morgan fingerprint density at radius 1 is 0.593 bits per heavy atom. The monoisotopic (exact) mass is 777 g/mol. The van der Waals surface area contributed by atoms with E-state index < -0.39 is 51.1 Å². The number of ether oxygens (including phenoxy) is 2. The number of phosphoric acid groups is 1. The number of unbranched alkanes of at least 4 members (excludes halogenated alkanes) is 7. The van der Waals surface area contributed by atoms with Crippen LogP contribution in [-0.2, 0) is 37.5 Å². The molecule has 0 saturated carbocycles. The molecule has 0 saturated heterocycles. The van der Waals surface area contributed by atoms with E-state index in [1.165, 1.54) is 12.8 Å². The fourth-order valence-corrected chi connectivity index (χ4v) is 5.32. The summed E-state index contributed by atoms with van der Waals surface area (Å²) in [5.41, 5.74) is 5.31. The molecule has 54 heavy (non-hydrogen) atoms. The molecule has 0 aromatic heterocycles. The zero-order chi connectivity index (χ0) is 40.0. The van der Waals surface area contributed by atoms with Gasteiger partial charge in [0.2, 0.25) is 0 Å². The molecule has 12 heteroatoms. The summed E-state index contributed by atoms with van der Waals surface area (Å²) in [6.07, 6.45) is 43.9. The van der Waals surface area contributed by atoms with E-state index in [4.69, 9.17) is 24.8 Å². The summed E-state index contributed by atoms with van der Waals surface area (Å²) in [5, 5.41) is 8.86. The molecule has 3 atom stereocenters. The van der Waals surface area contributed by atoms with E-state index in [-0.39, 0.29) is 19.4 Å². The molecule has 0 rings (SSSR count). The van der Waals surface area contributed by atoms with Crippen LogP contribution in [0.2, 0.25) is 0 Å². The molecular weight excluding hydrogens is 709 g/mol. The Bertz CT molecular complexity index is 1240. The molecule has 3 unspecified atom stereocenters. The number of rotatable bonds is 35. The van der Waals surface area contributed by atoms with Crippen LogP contribution in [0.5, 0.6) is 0 Å². The van der Waals surface area contributed by atoms with Gasteiger partial charge in [-0.1, -0.05) is 131 Å². The van der Waals surface area contributed by atoms with Crippen LogP contribution in [0.15, 0.2) is 85.1 Å². The first-order chi connectivity index (χ1) is 26.1. The number of hydrogen-bond donors (Lipinski definition) is 3. The van der Waals surface area contributed by atoms with E-state index in [0.717, 1.165) is 70.6 Å². The maximum absolute atomic E-state index is 12.5. The molecule has 0 aliphatic carbocycles. The number of carbonyl (C=O) groups excluding carboxylic acids is 2. The van der Waals surface area contributed by atoms with Gasteiger partial charge in [0.25, 0.3) is 0 Å². The standard InChI is InChI=1S/C42H68NO10P/c1-3-5-7-9-11-13-15-16-17-18-19-20-21-22-24-26-28-30-32-34-41(45)53-38(36-51-54(48,49)52-37-39(43)42(46)47)35-50-40(44)33-31-29-27-25-23-14-12-10-8-6-4-2/h5,7,10-13,16-17,19-20,22,24,28,30,38-39H,3-4,6,8-9,14-15,18,21,23,25-27,29,31-37,43H2,1-2H3,(H,46,47)(H,48,49)/b7-5-,12-10-,13-11-,17-16-,20-19-,24-22-,30-28-. The number of esters is 2. The molecule has 306 valence electrons. The number of carboxylic acids is 1. The Labute approximate surface area is 324 Å². The second kappa shape index (κ2) is 36.6. The summed E-state index contributed by atoms with van der Waals surface area (Å²) in [5.74, 6) is -2.51. The predicted octanol–water partition coefficient (Wildman–Crippen LogP) is 9.94. The lowest BCUT2D eigenvalue weighted by molar-refractivity contribution is -0.161. The number of nitrogens with two attached hydrogens (primary N) is 1. The average Bonchev–Trinajstić information content (AvgIpc) is 3.14. The van der Waals surface area contributed by atoms with Gasteiger partial charge in [-0.25, -0.2) is 4.57 Å². The molecule has 0 spiro atoms. The summed E-state index contributed by atoms with van der Waals surface area (Å²) in [7, 11) is -4.74. The van der Waals surface area contributed by atoms with Gasteiger partial charge in [-0.05, 0) is 70.6 Å². The Hall–Kier alpha value is -3.34. The third-order valence-electron chi connectivity index (χ3n) is 7.64. The van der Waals surface area contributed by atoms with E-state index in [0.29, 0.717) is 19.3 Å². The van der Waals surface area contributed by atoms with Gasteiger partial charge < -0.3 is 25.2 Å². The lowest BCUT2D eigenvalue weighted by Crippen LogP contribution is -2.34. The number of allylic oxidation sites excluding steroid dienone is 14. The molecule has 0 aromatic rings. The van der Waals surface area contributed by atoms with Gasteiger partial charge in [0, 0.05) is 12.8 Å².